The van der Waals surface area contributed by atoms with Gasteiger partial charge < -0.3 is 26.4 Å². The van der Waals surface area contributed by atoms with Crippen LogP contribution in [0.2, 0.25) is 0 Å². The van der Waals surface area contributed by atoms with Crippen molar-refractivity contribution in [2.24, 2.45) is 23.3 Å². The molecule has 1 amide bonds. The molecule has 9 nitrogen and oxygen atoms in total. The number of carbonyl (C=O) groups excluding carboxylic acids is 1. The average molecular weight is 430 g/mol. The number of primary amides is 1. The summed E-state index contributed by atoms with van der Waals surface area (Å²) in [5, 5.41) is 19.3. The van der Waals surface area contributed by atoms with Crippen LogP contribution in [-0.4, -0.2) is 66.8 Å². The second-order valence-corrected chi connectivity index (χ2v) is 9.45. The van der Waals surface area contributed by atoms with E-state index in [0.717, 1.165) is 0 Å². The number of aliphatic hydroxyl groups excluding tert-OH is 2. The molecule has 3 unspecified atom stereocenters. The Balaban J connectivity index is 1.90. The third-order valence-corrected chi connectivity index (χ3v) is 6.97. The molecule has 0 saturated carbocycles. The molecular weight excluding hydrogens is 398 g/mol. The Hall–Kier alpha value is -1.72. The fourth-order valence-corrected chi connectivity index (χ4v) is 4.45. The van der Waals surface area contributed by atoms with Gasteiger partial charge in [-0.2, -0.15) is 4.31 Å². The topological polar surface area (TPSA) is 156 Å². The van der Waals surface area contributed by atoms with Crippen molar-refractivity contribution in [1.29, 1.82) is 0 Å². The SMILES string of the molecule is CC1C=C(OCCC(O)CO)C=CC1/C=C/S(=O)(=O)N1CCC(N)(C(N)=O)CC1. The van der Waals surface area contributed by atoms with Crippen LogP contribution in [0.15, 0.2) is 35.5 Å². The Kier molecular flexibility index (Phi) is 8.01. The fraction of sp³-hybridized carbons (Fsp3) is 0.632. The molecule has 1 saturated heterocycles. The summed E-state index contributed by atoms with van der Waals surface area (Å²) in [5.74, 6) is -0.0415. The van der Waals surface area contributed by atoms with E-state index >= 15 is 0 Å². The minimum absolute atomic E-state index is 0.0251. The Labute approximate surface area is 171 Å². The molecule has 1 aliphatic carbocycles. The highest BCUT2D eigenvalue weighted by Gasteiger charge is 2.38. The predicted molar refractivity (Wildman–Crippen MR) is 109 cm³/mol. The number of hydrogen-bond acceptors (Lipinski definition) is 7. The van der Waals surface area contributed by atoms with E-state index in [2.05, 4.69) is 0 Å². The van der Waals surface area contributed by atoms with E-state index in [0.29, 0.717) is 12.2 Å². The maximum atomic E-state index is 12.6. The molecule has 1 aliphatic heterocycles. The van der Waals surface area contributed by atoms with Crippen molar-refractivity contribution in [3.63, 3.8) is 0 Å². The van der Waals surface area contributed by atoms with E-state index in [9.17, 15) is 18.3 Å². The first-order valence-corrected chi connectivity index (χ1v) is 11.2. The van der Waals surface area contributed by atoms with Crippen molar-refractivity contribution >= 4 is 15.9 Å². The standard InChI is InChI=1S/C19H31N3O6S/c1-14-12-17(28-10-4-16(24)13-23)3-2-15(14)5-11-29(26,27)22-8-6-19(21,7-9-22)18(20)25/h2-3,5,11-12,14-16,23-24H,4,6-10,13,21H2,1H3,(H2,20,25)/b11-5+. The minimum Gasteiger partial charge on any atom is -0.494 e. The molecule has 29 heavy (non-hydrogen) atoms. The Morgan fingerprint density at radius 3 is 2.66 bits per heavy atom. The molecule has 0 bridgehead atoms. The molecule has 0 aromatic heterocycles. The number of amides is 1. The first-order chi connectivity index (χ1) is 13.6. The Bertz CT molecular complexity index is 769. The second kappa shape index (κ2) is 9.86. The van der Waals surface area contributed by atoms with Crippen LogP contribution in [0.5, 0.6) is 0 Å². The summed E-state index contributed by atoms with van der Waals surface area (Å²) in [6.45, 7) is 2.23. The molecule has 10 heteroatoms. The molecule has 1 heterocycles. The number of carbonyl (C=O) groups is 1. The van der Waals surface area contributed by atoms with Crippen LogP contribution in [0.3, 0.4) is 0 Å². The lowest BCUT2D eigenvalue weighted by molar-refractivity contribution is -0.124. The molecule has 2 rings (SSSR count). The highest BCUT2D eigenvalue weighted by atomic mass is 32.2. The molecule has 2 aliphatic rings. The molecule has 3 atom stereocenters. The van der Waals surface area contributed by atoms with Gasteiger partial charge in [-0.05, 0) is 30.9 Å². The zero-order valence-electron chi connectivity index (χ0n) is 16.6. The van der Waals surface area contributed by atoms with Gasteiger partial charge in [0.2, 0.25) is 15.9 Å². The number of nitrogens with two attached hydrogens (primary N) is 2. The molecule has 0 aromatic carbocycles. The van der Waals surface area contributed by atoms with Gasteiger partial charge in [0.05, 0.1) is 24.9 Å². The van der Waals surface area contributed by atoms with Crippen molar-refractivity contribution in [1.82, 2.24) is 4.31 Å². The number of sulfonamides is 1. The van der Waals surface area contributed by atoms with Crippen molar-refractivity contribution in [2.45, 2.75) is 37.8 Å². The summed E-state index contributed by atoms with van der Waals surface area (Å²) in [6, 6.07) is 0. The van der Waals surface area contributed by atoms with Crippen LogP contribution in [0.25, 0.3) is 0 Å². The monoisotopic (exact) mass is 429 g/mol. The lowest BCUT2D eigenvalue weighted by Gasteiger charge is -2.35. The number of aliphatic hydroxyl groups is 2. The summed E-state index contributed by atoms with van der Waals surface area (Å²) in [6.07, 6.45) is 7.08. The van der Waals surface area contributed by atoms with Crippen molar-refractivity contribution in [2.75, 3.05) is 26.3 Å². The van der Waals surface area contributed by atoms with Gasteiger partial charge >= 0.3 is 0 Å². The lowest BCUT2D eigenvalue weighted by atomic mass is 9.89. The largest absolute Gasteiger partial charge is 0.494 e. The van der Waals surface area contributed by atoms with Gasteiger partial charge in [-0.25, -0.2) is 8.42 Å². The van der Waals surface area contributed by atoms with Crippen molar-refractivity contribution in [3.8, 4) is 0 Å². The van der Waals surface area contributed by atoms with Gasteiger partial charge in [0.25, 0.3) is 0 Å². The molecule has 0 spiro atoms. The number of ether oxygens (including phenoxy) is 1. The number of nitrogens with zero attached hydrogens (tertiary/aromatic N) is 1. The van der Waals surface area contributed by atoms with Crippen LogP contribution in [-0.2, 0) is 19.6 Å². The Morgan fingerprint density at radius 1 is 1.45 bits per heavy atom. The van der Waals surface area contributed by atoms with E-state index < -0.39 is 27.6 Å². The van der Waals surface area contributed by atoms with Gasteiger partial charge in [0.15, 0.2) is 0 Å². The van der Waals surface area contributed by atoms with Gasteiger partial charge in [-0.1, -0.05) is 19.1 Å². The summed E-state index contributed by atoms with van der Waals surface area (Å²) in [7, 11) is -3.61. The molecule has 1 fully saturated rings. The third kappa shape index (κ3) is 6.38. The molecule has 164 valence electrons. The first-order valence-electron chi connectivity index (χ1n) is 9.66. The number of rotatable bonds is 9. The Morgan fingerprint density at radius 2 is 2.10 bits per heavy atom. The fourth-order valence-electron chi connectivity index (χ4n) is 3.21. The summed E-state index contributed by atoms with van der Waals surface area (Å²) >= 11 is 0. The molecule has 0 radical (unpaired) electrons. The summed E-state index contributed by atoms with van der Waals surface area (Å²) in [4.78, 5) is 11.4. The number of hydrogen-bond donors (Lipinski definition) is 4. The quantitative estimate of drug-likeness (QED) is 0.387. The first kappa shape index (κ1) is 23.6. The van der Waals surface area contributed by atoms with Gasteiger partial charge in [-0.15, -0.1) is 0 Å². The van der Waals surface area contributed by atoms with Crippen LogP contribution >= 0.6 is 0 Å². The van der Waals surface area contributed by atoms with Crippen LogP contribution in [0.1, 0.15) is 26.2 Å². The highest BCUT2D eigenvalue weighted by molar-refractivity contribution is 7.92. The normalized spacial score (nSPS) is 26.3. The second-order valence-electron chi connectivity index (χ2n) is 7.63. The van der Waals surface area contributed by atoms with Crippen LogP contribution in [0, 0.1) is 11.8 Å². The maximum absolute atomic E-state index is 12.6. The molecular formula is C19H31N3O6S. The molecule has 0 aromatic rings. The average Bonchev–Trinajstić information content (AvgIpc) is 2.67. The lowest BCUT2D eigenvalue weighted by Crippen LogP contribution is -2.58. The van der Waals surface area contributed by atoms with Gasteiger partial charge in [-0.3, -0.25) is 4.79 Å². The summed E-state index contributed by atoms with van der Waals surface area (Å²) in [5.41, 5.74) is 10.1. The van der Waals surface area contributed by atoms with Gasteiger partial charge in [0, 0.05) is 30.8 Å². The van der Waals surface area contributed by atoms with E-state index in [-0.39, 0.29) is 51.0 Å². The summed E-state index contributed by atoms with van der Waals surface area (Å²) < 4.78 is 32.0. The van der Waals surface area contributed by atoms with E-state index in [1.165, 1.54) is 9.71 Å². The zero-order chi connectivity index (χ0) is 21.7. The maximum Gasteiger partial charge on any atom is 0.237 e. The van der Waals surface area contributed by atoms with E-state index in [1.807, 2.05) is 19.1 Å². The third-order valence-electron chi connectivity index (χ3n) is 5.39. The van der Waals surface area contributed by atoms with E-state index in [1.54, 1.807) is 12.2 Å². The zero-order valence-corrected chi connectivity index (χ0v) is 17.4. The molecule has 6 N–H and O–H groups in total. The predicted octanol–water partition coefficient (Wildman–Crippen LogP) is -0.426. The van der Waals surface area contributed by atoms with Crippen LogP contribution < -0.4 is 11.5 Å². The number of piperidine rings is 1. The van der Waals surface area contributed by atoms with Gasteiger partial charge in [0.1, 0.15) is 5.76 Å². The van der Waals surface area contributed by atoms with E-state index in [4.69, 9.17) is 21.3 Å². The smallest absolute Gasteiger partial charge is 0.237 e. The van der Waals surface area contributed by atoms with Crippen molar-refractivity contribution < 1.29 is 28.2 Å². The van der Waals surface area contributed by atoms with Crippen molar-refractivity contribution in [3.05, 3.63) is 35.5 Å². The highest BCUT2D eigenvalue weighted by Crippen LogP contribution is 2.26. The minimum atomic E-state index is -3.61. The number of allylic oxidation sites excluding steroid dienone is 4. The van der Waals surface area contributed by atoms with Crippen LogP contribution in [0.4, 0.5) is 0 Å².